The SMILES string of the molecule is CC1(C)[C@H]2CC[C@@H](C2)[C@@]1(N)CC(=O)O. The number of aliphatic carboxylic acids is 1. The number of hydrogen-bond donors (Lipinski definition) is 2. The van der Waals surface area contributed by atoms with E-state index in [1.807, 2.05) is 0 Å². The fourth-order valence-electron chi connectivity index (χ4n) is 3.63. The molecular formula is C11H19NO2. The summed E-state index contributed by atoms with van der Waals surface area (Å²) in [6, 6.07) is 0. The number of carbonyl (C=O) groups is 1. The Morgan fingerprint density at radius 3 is 2.43 bits per heavy atom. The zero-order chi connectivity index (χ0) is 10.6. The summed E-state index contributed by atoms with van der Waals surface area (Å²) in [5, 5.41) is 8.92. The number of carboxylic acid groups (broad SMARTS) is 1. The maximum Gasteiger partial charge on any atom is 0.305 e. The second kappa shape index (κ2) is 2.72. The average Bonchev–Trinajstić information content (AvgIpc) is 2.54. The van der Waals surface area contributed by atoms with Crippen LogP contribution < -0.4 is 5.73 Å². The van der Waals surface area contributed by atoms with Crippen LogP contribution in [-0.4, -0.2) is 16.6 Å². The Morgan fingerprint density at radius 1 is 1.43 bits per heavy atom. The molecule has 80 valence electrons. The third-order valence-corrected chi connectivity index (χ3v) is 4.83. The molecule has 0 radical (unpaired) electrons. The van der Waals surface area contributed by atoms with E-state index in [4.69, 9.17) is 10.8 Å². The van der Waals surface area contributed by atoms with Crippen molar-refractivity contribution in [3.63, 3.8) is 0 Å². The molecule has 0 aromatic carbocycles. The maximum atomic E-state index is 10.8. The molecule has 14 heavy (non-hydrogen) atoms. The van der Waals surface area contributed by atoms with Crippen LogP contribution >= 0.6 is 0 Å². The molecular weight excluding hydrogens is 178 g/mol. The summed E-state index contributed by atoms with van der Waals surface area (Å²) in [7, 11) is 0. The highest BCUT2D eigenvalue weighted by Gasteiger charge is 2.61. The quantitative estimate of drug-likeness (QED) is 0.707. The number of nitrogens with two attached hydrogens (primary N) is 1. The van der Waals surface area contributed by atoms with Crippen molar-refractivity contribution in [2.24, 2.45) is 23.0 Å². The Kier molecular flexibility index (Phi) is 1.94. The molecule has 0 aromatic rings. The van der Waals surface area contributed by atoms with Crippen LogP contribution in [0.15, 0.2) is 0 Å². The predicted octanol–water partition coefficient (Wildman–Crippen LogP) is 1.61. The maximum absolute atomic E-state index is 10.8. The molecule has 3 atom stereocenters. The monoisotopic (exact) mass is 197 g/mol. The molecule has 0 aromatic heterocycles. The minimum Gasteiger partial charge on any atom is -0.481 e. The summed E-state index contributed by atoms with van der Waals surface area (Å²) in [5.41, 5.74) is 5.87. The molecule has 0 saturated heterocycles. The van der Waals surface area contributed by atoms with Crippen LogP contribution in [0, 0.1) is 17.3 Å². The van der Waals surface area contributed by atoms with Crippen molar-refractivity contribution in [3.05, 3.63) is 0 Å². The third-order valence-electron chi connectivity index (χ3n) is 4.83. The summed E-state index contributed by atoms with van der Waals surface area (Å²) >= 11 is 0. The highest BCUT2D eigenvalue weighted by Crippen LogP contribution is 2.61. The topological polar surface area (TPSA) is 63.3 Å². The highest BCUT2D eigenvalue weighted by molar-refractivity contribution is 5.69. The van der Waals surface area contributed by atoms with Gasteiger partial charge in [-0.25, -0.2) is 0 Å². The number of rotatable bonds is 2. The van der Waals surface area contributed by atoms with Crippen LogP contribution in [0.2, 0.25) is 0 Å². The third kappa shape index (κ3) is 1.05. The second-order valence-corrected chi connectivity index (χ2v) is 5.54. The smallest absolute Gasteiger partial charge is 0.305 e. The van der Waals surface area contributed by atoms with Crippen molar-refractivity contribution in [2.45, 2.75) is 45.1 Å². The number of carboxylic acids is 1. The van der Waals surface area contributed by atoms with E-state index in [1.54, 1.807) is 0 Å². The molecule has 0 unspecified atom stereocenters. The van der Waals surface area contributed by atoms with Crippen LogP contribution in [0.5, 0.6) is 0 Å². The summed E-state index contributed by atoms with van der Waals surface area (Å²) in [4.78, 5) is 10.8. The standard InChI is InChI=1S/C11H19NO2/c1-10(2)7-3-4-8(5-7)11(10,12)6-9(13)14/h7-8H,3-6,12H2,1-2H3,(H,13,14)/t7-,8-,11-/m0/s1. The van der Waals surface area contributed by atoms with E-state index in [9.17, 15) is 4.79 Å². The van der Waals surface area contributed by atoms with Gasteiger partial charge in [0.25, 0.3) is 0 Å². The van der Waals surface area contributed by atoms with Gasteiger partial charge in [-0.3, -0.25) is 4.79 Å². The molecule has 0 heterocycles. The van der Waals surface area contributed by atoms with Crippen molar-refractivity contribution >= 4 is 5.97 Å². The molecule has 3 nitrogen and oxygen atoms in total. The Morgan fingerprint density at radius 2 is 2.00 bits per heavy atom. The fraction of sp³-hybridized carbons (Fsp3) is 0.909. The number of fused-ring (bicyclic) bond motifs is 2. The first-order valence-electron chi connectivity index (χ1n) is 5.38. The highest BCUT2D eigenvalue weighted by atomic mass is 16.4. The van der Waals surface area contributed by atoms with E-state index < -0.39 is 11.5 Å². The summed E-state index contributed by atoms with van der Waals surface area (Å²) in [6.45, 7) is 4.28. The van der Waals surface area contributed by atoms with Gasteiger partial charge < -0.3 is 10.8 Å². The van der Waals surface area contributed by atoms with Crippen LogP contribution in [0.3, 0.4) is 0 Å². The summed E-state index contributed by atoms with van der Waals surface area (Å²) in [5.74, 6) is 0.309. The van der Waals surface area contributed by atoms with Gasteiger partial charge in [0, 0.05) is 5.54 Å². The Hall–Kier alpha value is -0.570. The van der Waals surface area contributed by atoms with E-state index >= 15 is 0 Å². The van der Waals surface area contributed by atoms with Gasteiger partial charge in [0.15, 0.2) is 0 Å². The lowest BCUT2D eigenvalue weighted by Gasteiger charge is -2.46. The Labute approximate surface area is 84.7 Å². The van der Waals surface area contributed by atoms with E-state index in [0.717, 1.165) is 12.8 Å². The molecule has 2 aliphatic rings. The van der Waals surface area contributed by atoms with Gasteiger partial charge in [0.05, 0.1) is 6.42 Å². The predicted molar refractivity (Wildman–Crippen MR) is 53.8 cm³/mol. The average molecular weight is 197 g/mol. The summed E-state index contributed by atoms with van der Waals surface area (Å²) in [6.07, 6.45) is 3.62. The van der Waals surface area contributed by atoms with Gasteiger partial charge in [-0.1, -0.05) is 13.8 Å². The largest absolute Gasteiger partial charge is 0.481 e. The molecule has 0 spiro atoms. The Balaban J connectivity index is 2.29. The lowest BCUT2D eigenvalue weighted by molar-refractivity contribution is -0.140. The molecule has 0 aliphatic heterocycles. The van der Waals surface area contributed by atoms with Crippen molar-refractivity contribution in [2.75, 3.05) is 0 Å². The second-order valence-electron chi connectivity index (χ2n) is 5.54. The molecule has 3 N–H and O–H groups in total. The van der Waals surface area contributed by atoms with Gasteiger partial charge in [-0.15, -0.1) is 0 Å². The van der Waals surface area contributed by atoms with E-state index in [1.165, 1.54) is 6.42 Å². The molecule has 0 amide bonds. The lowest BCUT2D eigenvalue weighted by Crippen LogP contribution is -2.57. The van der Waals surface area contributed by atoms with Gasteiger partial charge in [0.2, 0.25) is 0 Å². The Bertz CT molecular complexity index is 274. The first kappa shape index (κ1) is 9.97. The normalized spacial score (nSPS) is 44.2. The summed E-state index contributed by atoms with van der Waals surface area (Å²) < 4.78 is 0. The van der Waals surface area contributed by atoms with Crippen molar-refractivity contribution in [1.82, 2.24) is 0 Å². The molecule has 2 saturated carbocycles. The lowest BCUT2D eigenvalue weighted by atomic mass is 9.62. The molecule has 3 heteroatoms. The van der Waals surface area contributed by atoms with Gasteiger partial charge in [0.1, 0.15) is 0 Å². The van der Waals surface area contributed by atoms with Crippen LogP contribution in [0.25, 0.3) is 0 Å². The molecule has 2 rings (SSSR count). The first-order chi connectivity index (χ1) is 6.38. The van der Waals surface area contributed by atoms with E-state index in [2.05, 4.69) is 13.8 Å². The van der Waals surface area contributed by atoms with Crippen molar-refractivity contribution in [3.8, 4) is 0 Å². The van der Waals surface area contributed by atoms with Gasteiger partial charge in [-0.2, -0.15) is 0 Å². The van der Waals surface area contributed by atoms with Crippen LogP contribution in [-0.2, 0) is 4.79 Å². The minimum absolute atomic E-state index is 0.00565. The molecule has 2 aliphatic carbocycles. The first-order valence-corrected chi connectivity index (χ1v) is 5.38. The fourth-order valence-corrected chi connectivity index (χ4v) is 3.63. The zero-order valence-corrected chi connectivity index (χ0v) is 8.92. The van der Waals surface area contributed by atoms with Crippen LogP contribution in [0.4, 0.5) is 0 Å². The van der Waals surface area contributed by atoms with Crippen molar-refractivity contribution in [1.29, 1.82) is 0 Å². The van der Waals surface area contributed by atoms with Gasteiger partial charge in [-0.05, 0) is 36.5 Å². The van der Waals surface area contributed by atoms with Gasteiger partial charge >= 0.3 is 5.97 Å². The van der Waals surface area contributed by atoms with Crippen molar-refractivity contribution < 1.29 is 9.90 Å². The van der Waals surface area contributed by atoms with Crippen LogP contribution in [0.1, 0.15) is 39.5 Å². The minimum atomic E-state index is -0.756. The molecule has 2 bridgehead atoms. The zero-order valence-electron chi connectivity index (χ0n) is 8.92. The molecule has 2 fully saturated rings. The number of hydrogen-bond acceptors (Lipinski definition) is 2. The van der Waals surface area contributed by atoms with E-state index in [0.29, 0.717) is 11.8 Å². The van der Waals surface area contributed by atoms with E-state index in [-0.39, 0.29) is 11.8 Å².